The molecule has 1 heterocycles. The number of hydrogen-bond acceptors (Lipinski definition) is 7. The van der Waals surface area contributed by atoms with Crippen LogP contribution in [0.25, 0.3) is 0 Å². The van der Waals surface area contributed by atoms with Gasteiger partial charge in [-0.25, -0.2) is 4.98 Å². The Morgan fingerprint density at radius 2 is 2.50 bits per heavy atom. The van der Waals surface area contributed by atoms with Crippen molar-refractivity contribution in [1.29, 1.82) is 0 Å². The summed E-state index contributed by atoms with van der Waals surface area (Å²) in [5.41, 5.74) is 5.80. The molecule has 0 amide bonds. The van der Waals surface area contributed by atoms with Crippen LogP contribution in [0.5, 0.6) is 0 Å². The molecule has 2 N–H and O–H groups in total. The average molecular weight is 242 g/mol. The van der Waals surface area contributed by atoms with Crippen molar-refractivity contribution in [1.82, 2.24) is 4.98 Å². The van der Waals surface area contributed by atoms with Gasteiger partial charge in [0, 0.05) is 12.0 Å². The van der Waals surface area contributed by atoms with Crippen LogP contribution in [-0.2, 0) is 14.4 Å². The molecule has 1 aromatic rings. The third-order valence-electron chi connectivity index (χ3n) is 1.54. The summed E-state index contributed by atoms with van der Waals surface area (Å²) in [6.07, 6.45) is 1.65. The van der Waals surface area contributed by atoms with Gasteiger partial charge in [0.25, 0.3) is 6.29 Å². The number of hydrogen-bond donors (Lipinski definition) is 1. The van der Waals surface area contributed by atoms with Gasteiger partial charge in [-0.15, -0.1) is 11.3 Å². The maximum absolute atomic E-state index is 10.6. The highest BCUT2D eigenvalue weighted by Crippen LogP contribution is 2.11. The van der Waals surface area contributed by atoms with E-state index < -0.39 is 0 Å². The van der Waals surface area contributed by atoms with E-state index in [9.17, 15) is 4.79 Å². The first-order valence-electron chi connectivity index (χ1n) is 4.65. The number of ether oxygens (including phenoxy) is 1. The fraction of sp³-hybridized carbons (Fsp3) is 0.444. The summed E-state index contributed by atoms with van der Waals surface area (Å²) in [6.45, 7) is 3.19. The van der Waals surface area contributed by atoms with Crippen molar-refractivity contribution in [3.05, 3.63) is 11.1 Å². The molecule has 1 rings (SSSR count). The normalized spacial score (nSPS) is 11.4. The minimum atomic E-state index is 0.00412. The molecule has 0 saturated carbocycles. The lowest BCUT2D eigenvalue weighted by Crippen LogP contribution is -2.07. The fourth-order valence-corrected chi connectivity index (χ4v) is 1.41. The molecule has 7 heteroatoms. The predicted molar refractivity (Wildman–Crippen MR) is 61.2 cm³/mol. The van der Waals surface area contributed by atoms with Gasteiger partial charge in [0.1, 0.15) is 12.3 Å². The van der Waals surface area contributed by atoms with Crippen molar-refractivity contribution in [2.75, 3.05) is 25.6 Å². The van der Waals surface area contributed by atoms with Crippen molar-refractivity contribution in [2.45, 2.75) is 6.92 Å². The number of nitrogen functional groups attached to an aromatic ring is 1. The summed E-state index contributed by atoms with van der Waals surface area (Å²) >= 11 is 1.22. The van der Waals surface area contributed by atoms with Gasteiger partial charge in [-0.05, 0) is 6.92 Å². The molecule has 0 bridgehead atoms. The van der Waals surface area contributed by atoms with Crippen molar-refractivity contribution >= 4 is 28.5 Å². The summed E-state index contributed by atoms with van der Waals surface area (Å²) in [7, 11) is 0. The Bertz CT molecular complexity index is 365. The second-order valence-corrected chi connectivity index (χ2v) is 3.53. The van der Waals surface area contributed by atoms with Crippen LogP contribution in [-0.4, -0.2) is 36.8 Å². The number of oxime groups is 1. The summed E-state index contributed by atoms with van der Waals surface area (Å²) < 4.78 is 5.03. The lowest BCUT2D eigenvalue weighted by atomic mass is 10.3. The molecule has 0 atom stereocenters. The van der Waals surface area contributed by atoms with Crippen LogP contribution in [0.15, 0.2) is 10.5 Å². The number of nitrogens with zero attached hydrogens (tertiary/aromatic N) is 2. The van der Waals surface area contributed by atoms with Crippen LogP contribution in [0.1, 0.15) is 12.6 Å². The topological polar surface area (TPSA) is 86.8 Å². The van der Waals surface area contributed by atoms with Gasteiger partial charge < -0.3 is 15.3 Å². The standard InChI is InChI=1S/C9H12N3O3S/c1-2-14-3-4-15-12-7(5-13)8-6-16-9(10)11-8/h6H,2-4H2,1H3,(H2,10,11)/b12-7+. The zero-order chi connectivity index (χ0) is 11.8. The molecule has 0 aliphatic rings. The van der Waals surface area contributed by atoms with Gasteiger partial charge in [0.05, 0.1) is 6.61 Å². The Labute approximate surface area is 97.1 Å². The third-order valence-corrected chi connectivity index (χ3v) is 2.21. The van der Waals surface area contributed by atoms with E-state index in [2.05, 4.69) is 10.1 Å². The molecule has 0 aliphatic heterocycles. The maximum atomic E-state index is 10.6. The smallest absolute Gasteiger partial charge is 0.259 e. The Kier molecular flexibility index (Phi) is 5.44. The van der Waals surface area contributed by atoms with E-state index in [-0.39, 0.29) is 12.3 Å². The lowest BCUT2D eigenvalue weighted by molar-refractivity contribution is 0.0564. The van der Waals surface area contributed by atoms with Gasteiger partial charge in [-0.2, -0.15) is 0 Å². The number of carbonyl (C=O) groups excluding carboxylic acids is 1. The summed E-state index contributed by atoms with van der Waals surface area (Å²) in [4.78, 5) is 19.4. The van der Waals surface area contributed by atoms with Gasteiger partial charge in [0.2, 0.25) is 0 Å². The van der Waals surface area contributed by atoms with Gasteiger partial charge in [-0.1, -0.05) is 5.16 Å². The fourth-order valence-electron chi connectivity index (χ4n) is 0.865. The summed E-state index contributed by atoms with van der Waals surface area (Å²) in [5.74, 6) is 0. The number of rotatable bonds is 7. The second kappa shape index (κ2) is 6.91. The molecule has 0 saturated heterocycles. The van der Waals surface area contributed by atoms with Crippen LogP contribution in [0.3, 0.4) is 0 Å². The average Bonchev–Trinajstić information content (AvgIpc) is 2.70. The molecule has 0 fully saturated rings. The van der Waals surface area contributed by atoms with E-state index in [1.54, 1.807) is 11.7 Å². The van der Waals surface area contributed by atoms with Crippen LogP contribution < -0.4 is 5.73 Å². The number of aromatic nitrogens is 1. The highest BCUT2D eigenvalue weighted by atomic mass is 32.1. The van der Waals surface area contributed by atoms with E-state index in [1.165, 1.54) is 11.3 Å². The first-order chi connectivity index (χ1) is 7.77. The molecule has 0 aliphatic carbocycles. The lowest BCUT2D eigenvalue weighted by Gasteiger charge is -1.99. The van der Waals surface area contributed by atoms with Crippen LogP contribution in [0.2, 0.25) is 0 Å². The van der Waals surface area contributed by atoms with E-state index in [1.807, 2.05) is 6.92 Å². The Morgan fingerprint density at radius 3 is 3.06 bits per heavy atom. The molecule has 16 heavy (non-hydrogen) atoms. The van der Waals surface area contributed by atoms with Gasteiger partial charge in [-0.3, -0.25) is 4.79 Å². The van der Waals surface area contributed by atoms with Gasteiger partial charge in [0.15, 0.2) is 10.8 Å². The molecule has 0 aromatic carbocycles. The number of anilines is 1. The Morgan fingerprint density at radius 1 is 1.69 bits per heavy atom. The molecular formula is C9H12N3O3S. The number of thiazole rings is 1. The SMILES string of the molecule is CCOCCO/N=C(\[C]=O)c1csc(N)n1. The Balaban J connectivity index is 2.47. The van der Waals surface area contributed by atoms with Gasteiger partial charge >= 0.3 is 0 Å². The minimum absolute atomic E-state index is 0.00412. The zero-order valence-corrected chi connectivity index (χ0v) is 9.62. The van der Waals surface area contributed by atoms with E-state index in [0.717, 1.165) is 0 Å². The molecule has 1 aromatic heterocycles. The monoisotopic (exact) mass is 242 g/mol. The molecule has 87 valence electrons. The molecule has 1 radical (unpaired) electrons. The highest BCUT2D eigenvalue weighted by molar-refractivity contribution is 7.13. The van der Waals surface area contributed by atoms with Crippen LogP contribution in [0, 0.1) is 0 Å². The van der Waals surface area contributed by atoms with Crippen molar-refractivity contribution in [3.63, 3.8) is 0 Å². The third kappa shape index (κ3) is 3.95. The van der Waals surface area contributed by atoms with E-state index in [4.69, 9.17) is 15.3 Å². The number of nitrogens with two attached hydrogens (primary N) is 1. The zero-order valence-electron chi connectivity index (χ0n) is 8.80. The minimum Gasteiger partial charge on any atom is -0.393 e. The molecule has 0 unspecified atom stereocenters. The summed E-state index contributed by atoms with van der Waals surface area (Å²) in [6, 6.07) is 0. The highest BCUT2D eigenvalue weighted by Gasteiger charge is 2.08. The molecule has 0 spiro atoms. The predicted octanol–water partition coefficient (Wildman–Crippen LogP) is 0.592. The summed E-state index contributed by atoms with van der Waals surface area (Å²) in [5, 5.41) is 5.58. The van der Waals surface area contributed by atoms with E-state index >= 15 is 0 Å². The van der Waals surface area contributed by atoms with Crippen LogP contribution >= 0.6 is 11.3 Å². The van der Waals surface area contributed by atoms with Crippen molar-refractivity contribution in [2.24, 2.45) is 5.16 Å². The largest absolute Gasteiger partial charge is 0.393 e. The van der Waals surface area contributed by atoms with Crippen molar-refractivity contribution < 1.29 is 14.4 Å². The quantitative estimate of drug-likeness (QED) is 0.429. The van der Waals surface area contributed by atoms with E-state index in [0.29, 0.717) is 24.0 Å². The first-order valence-corrected chi connectivity index (χ1v) is 5.53. The molecular weight excluding hydrogens is 230 g/mol. The first kappa shape index (κ1) is 12.6. The molecule has 6 nitrogen and oxygen atoms in total. The Hall–Kier alpha value is -1.47. The van der Waals surface area contributed by atoms with Crippen LogP contribution in [0.4, 0.5) is 5.13 Å². The maximum Gasteiger partial charge on any atom is 0.259 e. The van der Waals surface area contributed by atoms with Crippen molar-refractivity contribution in [3.8, 4) is 0 Å². The second-order valence-electron chi connectivity index (χ2n) is 2.64.